The van der Waals surface area contributed by atoms with Gasteiger partial charge in [0.15, 0.2) is 11.8 Å². The number of aromatic hydroxyl groups is 2. The topological polar surface area (TPSA) is 70.4 Å². The molecule has 0 fully saturated rings. The fourth-order valence-corrected chi connectivity index (χ4v) is 2.95. The molecular weight excluding hydrogens is 232 g/mol. The smallest absolute Gasteiger partial charge is 0.198 e. The third-order valence-corrected chi connectivity index (χ3v) is 3.67. The lowest BCUT2D eigenvalue weighted by atomic mass is 9.89. The van der Waals surface area contributed by atoms with Gasteiger partial charge < -0.3 is 19.5 Å². The number of ether oxygens (including phenoxy) is 1. The van der Waals surface area contributed by atoms with Crippen LogP contribution in [0.25, 0.3) is 0 Å². The van der Waals surface area contributed by atoms with Crippen molar-refractivity contribution in [1.29, 1.82) is 0 Å². The summed E-state index contributed by atoms with van der Waals surface area (Å²) in [6, 6.07) is 3.88. The second-order valence-corrected chi connectivity index (χ2v) is 4.75. The van der Waals surface area contributed by atoms with Crippen molar-refractivity contribution >= 4 is 0 Å². The van der Waals surface area contributed by atoms with Crippen molar-refractivity contribution in [2.45, 2.75) is 18.2 Å². The second kappa shape index (κ2) is 3.00. The molecule has 2 bridgehead atoms. The first-order valence-corrected chi connectivity index (χ1v) is 5.82. The van der Waals surface area contributed by atoms with E-state index in [-0.39, 0.29) is 17.9 Å². The zero-order valence-corrected chi connectivity index (χ0v) is 9.50. The maximum atomic E-state index is 9.93. The van der Waals surface area contributed by atoms with Crippen LogP contribution in [0.15, 0.2) is 36.7 Å². The summed E-state index contributed by atoms with van der Waals surface area (Å²) in [5, 5.41) is 19.7. The van der Waals surface area contributed by atoms with E-state index in [2.05, 4.69) is 4.98 Å². The van der Waals surface area contributed by atoms with Gasteiger partial charge in [0.2, 0.25) is 0 Å². The number of aromatic amines is 1. The van der Waals surface area contributed by atoms with Crippen LogP contribution in [0.3, 0.4) is 0 Å². The molecule has 2 unspecified atom stereocenters. The van der Waals surface area contributed by atoms with E-state index in [0.29, 0.717) is 17.7 Å². The van der Waals surface area contributed by atoms with Crippen molar-refractivity contribution in [1.82, 2.24) is 9.55 Å². The van der Waals surface area contributed by atoms with E-state index in [9.17, 15) is 10.2 Å². The molecule has 4 heterocycles. The number of aromatic nitrogens is 2. The Labute approximate surface area is 103 Å². The SMILES string of the molecule is Oc1[nH]c(O)c2c1C1C=CC2(Cn2cccc2)O1. The average molecular weight is 244 g/mol. The van der Waals surface area contributed by atoms with Gasteiger partial charge in [-0.15, -0.1) is 0 Å². The molecule has 0 saturated heterocycles. The van der Waals surface area contributed by atoms with Gasteiger partial charge in [0, 0.05) is 12.4 Å². The third kappa shape index (κ3) is 1.04. The van der Waals surface area contributed by atoms with Crippen LogP contribution in [0.2, 0.25) is 0 Å². The summed E-state index contributed by atoms with van der Waals surface area (Å²) in [4.78, 5) is 2.57. The van der Waals surface area contributed by atoms with Crippen LogP contribution in [-0.4, -0.2) is 19.8 Å². The van der Waals surface area contributed by atoms with Crippen molar-refractivity contribution < 1.29 is 14.9 Å². The van der Waals surface area contributed by atoms with Crippen LogP contribution in [0.4, 0.5) is 0 Å². The van der Waals surface area contributed by atoms with Crippen LogP contribution < -0.4 is 0 Å². The van der Waals surface area contributed by atoms with Gasteiger partial charge in [-0.3, -0.25) is 4.98 Å². The van der Waals surface area contributed by atoms with E-state index in [1.807, 2.05) is 41.2 Å². The Morgan fingerprint density at radius 2 is 2.06 bits per heavy atom. The standard InChI is InChI=1S/C13H12N2O3/c16-11-9-8-3-4-13(18-8,10(9)12(17)14-11)7-15-5-1-2-6-15/h1-6,8,14,16-17H,7H2. The van der Waals surface area contributed by atoms with E-state index in [1.165, 1.54) is 0 Å². The number of nitrogens with one attached hydrogen (secondary N) is 1. The Hall–Kier alpha value is -2.14. The first kappa shape index (κ1) is 9.85. The average Bonchev–Trinajstić information content (AvgIpc) is 3.04. The van der Waals surface area contributed by atoms with E-state index in [4.69, 9.17) is 4.74 Å². The van der Waals surface area contributed by atoms with E-state index in [1.54, 1.807) is 0 Å². The predicted octanol–water partition coefficient (Wildman–Crippen LogP) is 1.76. The number of fused-ring (bicyclic) bond motifs is 5. The molecule has 2 aliphatic rings. The highest BCUT2D eigenvalue weighted by Crippen LogP contribution is 2.57. The molecule has 0 aromatic carbocycles. The molecule has 2 aliphatic heterocycles. The minimum Gasteiger partial charge on any atom is -0.494 e. The fraction of sp³-hybridized carbons (Fsp3) is 0.231. The Kier molecular flexibility index (Phi) is 1.64. The molecule has 18 heavy (non-hydrogen) atoms. The van der Waals surface area contributed by atoms with Gasteiger partial charge in [-0.25, -0.2) is 0 Å². The highest BCUT2D eigenvalue weighted by atomic mass is 16.5. The summed E-state index contributed by atoms with van der Waals surface area (Å²) in [7, 11) is 0. The normalized spacial score (nSPS) is 27.9. The molecule has 2 aromatic rings. The predicted molar refractivity (Wildman–Crippen MR) is 63.2 cm³/mol. The van der Waals surface area contributed by atoms with Crippen LogP contribution in [-0.2, 0) is 16.9 Å². The van der Waals surface area contributed by atoms with Crippen molar-refractivity contribution in [2.24, 2.45) is 0 Å². The van der Waals surface area contributed by atoms with Gasteiger partial charge in [-0.1, -0.05) is 6.08 Å². The quantitative estimate of drug-likeness (QED) is 0.705. The Bertz CT molecular complexity index is 641. The van der Waals surface area contributed by atoms with Gasteiger partial charge in [-0.2, -0.15) is 0 Å². The molecule has 0 aliphatic carbocycles. The molecule has 4 rings (SSSR count). The maximum Gasteiger partial charge on any atom is 0.198 e. The highest BCUT2D eigenvalue weighted by molar-refractivity contribution is 5.57. The number of rotatable bonds is 2. The summed E-state index contributed by atoms with van der Waals surface area (Å²) in [5.74, 6) is -0.0206. The monoisotopic (exact) mass is 244 g/mol. The minimum absolute atomic E-state index is 0.00812. The Morgan fingerprint density at radius 3 is 2.83 bits per heavy atom. The van der Waals surface area contributed by atoms with Gasteiger partial charge in [0.05, 0.1) is 17.7 Å². The Morgan fingerprint density at radius 1 is 1.28 bits per heavy atom. The molecule has 92 valence electrons. The van der Waals surface area contributed by atoms with Crippen molar-refractivity contribution in [3.63, 3.8) is 0 Å². The van der Waals surface area contributed by atoms with Crippen molar-refractivity contribution in [3.05, 3.63) is 47.8 Å². The molecule has 0 spiro atoms. The largest absolute Gasteiger partial charge is 0.494 e. The molecular formula is C13H12N2O3. The summed E-state index contributed by atoms with van der Waals surface area (Å²) in [5.41, 5.74) is 0.629. The van der Waals surface area contributed by atoms with Gasteiger partial charge >= 0.3 is 0 Å². The van der Waals surface area contributed by atoms with Crippen molar-refractivity contribution in [2.75, 3.05) is 0 Å². The lowest BCUT2D eigenvalue weighted by Gasteiger charge is -2.24. The molecule has 2 atom stereocenters. The second-order valence-electron chi connectivity index (χ2n) is 4.75. The third-order valence-electron chi connectivity index (χ3n) is 3.67. The van der Waals surface area contributed by atoms with Crippen molar-refractivity contribution in [3.8, 4) is 11.8 Å². The van der Waals surface area contributed by atoms with Crippen LogP contribution in [0.1, 0.15) is 17.2 Å². The number of hydrogen-bond donors (Lipinski definition) is 3. The van der Waals surface area contributed by atoms with E-state index < -0.39 is 5.60 Å². The lowest BCUT2D eigenvalue weighted by molar-refractivity contribution is -0.0167. The summed E-state index contributed by atoms with van der Waals surface area (Å²) >= 11 is 0. The lowest BCUT2D eigenvalue weighted by Crippen LogP contribution is -2.26. The molecule has 5 nitrogen and oxygen atoms in total. The summed E-state index contributed by atoms with van der Waals surface area (Å²) < 4.78 is 7.92. The molecule has 0 amide bonds. The van der Waals surface area contributed by atoms with E-state index in [0.717, 1.165) is 0 Å². The zero-order valence-electron chi connectivity index (χ0n) is 9.50. The van der Waals surface area contributed by atoms with Gasteiger partial charge in [0.25, 0.3) is 0 Å². The van der Waals surface area contributed by atoms with Crippen LogP contribution >= 0.6 is 0 Å². The maximum absolute atomic E-state index is 9.93. The van der Waals surface area contributed by atoms with Gasteiger partial charge in [-0.05, 0) is 18.2 Å². The van der Waals surface area contributed by atoms with E-state index >= 15 is 0 Å². The molecule has 3 N–H and O–H groups in total. The summed E-state index contributed by atoms with van der Waals surface area (Å²) in [6.45, 7) is 0.574. The molecule has 0 saturated carbocycles. The Balaban J connectivity index is 1.86. The first-order chi connectivity index (χ1) is 8.70. The first-order valence-electron chi connectivity index (χ1n) is 5.82. The van der Waals surface area contributed by atoms with Gasteiger partial charge in [0.1, 0.15) is 11.7 Å². The number of hydrogen-bond acceptors (Lipinski definition) is 3. The number of nitrogens with zero attached hydrogens (tertiary/aromatic N) is 1. The molecule has 2 aromatic heterocycles. The number of H-pyrrole nitrogens is 1. The van der Waals surface area contributed by atoms with Crippen LogP contribution in [0, 0.1) is 0 Å². The van der Waals surface area contributed by atoms with Crippen LogP contribution in [0.5, 0.6) is 11.8 Å². The minimum atomic E-state index is -0.680. The highest BCUT2D eigenvalue weighted by Gasteiger charge is 2.51. The molecule has 5 heteroatoms. The summed E-state index contributed by atoms with van der Waals surface area (Å²) in [6.07, 6.45) is 7.49. The fourth-order valence-electron chi connectivity index (χ4n) is 2.95. The molecule has 0 radical (unpaired) electrons. The zero-order chi connectivity index (χ0) is 12.3.